The fourth-order valence-electron chi connectivity index (χ4n) is 4.92. The lowest BCUT2D eigenvalue weighted by molar-refractivity contribution is -0.120. The second kappa shape index (κ2) is 7.55. The average molecular weight is 406 g/mol. The van der Waals surface area contributed by atoms with E-state index in [2.05, 4.69) is 23.2 Å². The smallest absolute Gasteiger partial charge is 0.176 e. The van der Waals surface area contributed by atoms with Gasteiger partial charge in [-0.15, -0.1) is 0 Å². The minimum absolute atomic E-state index is 0.0467. The van der Waals surface area contributed by atoms with Crippen molar-refractivity contribution >= 4 is 5.78 Å². The van der Waals surface area contributed by atoms with Crippen LogP contribution in [0.1, 0.15) is 36.2 Å². The molecule has 2 aliphatic carbocycles. The van der Waals surface area contributed by atoms with E-state index < -0.39 is 0 Å². The van der Waals surface area contributed by atoms with Gasteiger partial charge in [-0.05, 0) is 37.8 Å². The van der Waals surface area contributed by atoms with Gasteiger partial charge in [0.05, 0.1) is 17.0 Å². The summed E-state index contributed by atoms with van der Waals surface area (Å²) in [4.78, 5) is 26.9. The molecule has 0 saturated carbocycles. The molecule has 0 fully saturated rings. The van der Waals surface area contributed by atoms with Crippen molar-refractivity contribution in [3.63, 3.8) is 0 Å². The lowest BCUT2D eigenvalue weighted by Gasteiger charge is -2.38. The van der Waals surface area contributed by atoms with Crippen molar-refractivity contribution in [2.24, 2.45) is 11.8 Å². The van der Waals surface area contributed by atoms with Crippen molar-refractivity contribution < 1.29 is 4.79 Å². The summed E-state index contributed by atoms with van der Waals surface area (Å²) in [5.74, 6) is 0.523. The number of fused-ring (bicyclic) bond motifs is 3. The summed E-state index contributed by atoms with van der Waals surface area (Å²) in [6.07, 6.45) is 5.32. The first-order valence-electron chi connectivity index (χ1n) is 10.6. The van der Waals surface area contributed by atoms with Crippen molar-refractivity contribution in [1.29, 1.82) is 5.26 Å². The molecule has 5 rings (SSSR count). The van der Waals surface area contributed by atoms with Gasteiger partial charge in [0.25, 0.3) is 0 Å². The van der Waals surface area contributed by atoms with Crippen LogP contribution in [0.2, 0.25) is 0 Å². The van der Waals surface area contributed by atoms with E-state index in [1.54, 1.807) is 6.20 Å². The highest BCUT2D eigenvalue weighted by molar-refractivity contribution is 6.01. The number of hydrogen-bond acceptors (Lipinski definition) is 5. The highest BCUT2D eigenvalue weighted by Crippen LogP contribution is 2.46. The van der Waals surface area contributed by atoms with Crippen molar-refractivity contribution in [2.45, 2.75) is 32.6 Å². The predicted octanol–water partition coefficient (Wildman–Crippen LogP) is 4.83. The zero-order valence-electron chi connectivity index (χ0n) is 17.5. The Labute approximate surface area is 181 Å². The summed E-state index contributed by atoms with van der Waals surface area (Å²) in [5, 5.41) is 9.53. The first kappa shape index (κ1) is 19.3. The van der Waals surface area contributed by atoms with Crippen LogP contribution in [0.15, 0.2) is 60.3 Å². The Morgan fingerprint density at radius 1 is 1.10 bits per heavy atom. The van der Waals surface area contributed by atoms with Gasteiger partial charge >= 0.3 is 0 Å². The highest BCUT2D eigenvalue weighted by Gasteiger charge is 2.42. The molecular formula is C26H22N4O. The number of aryl methyl sites for hydroxylation is 1. The predicted molar refractivity (Wildman–Crippen MR) is 118 cm³/mol. The summed E-state index contributed by atoms with van der Waals surface area (Å²) in [6, 6.07) is 16.2. The van der Waals surface area contributed by atoms with Crippen LogP contribution in [0.25, 0.3) is 22.6 Å². The SMILES string of the molecule is Cc1cc(-c2nc(-c3ccccc3)c3c(n2)C2C=C(C#N)C(=O)C(C)C2CC3)ccn1. The number of nitriles is 1. The number of nitrogens with zero attached hydrogens (tertiary/aromatic N) is 4. The van der Waals surface area contributed by atoms with Crippen LogP contribution >= 0.6 is 0 Å². The summed E-state index contributed by atoms with van der Waals surface area (Å²) < 4.78 is 0. The van der Waals surface area contributed by atoms with Gasteiger partial charge in [-0.2, -0.15) is 5.26 Å². The fraction of sp³-hybridized carbons (Fsp3) is 0.269. The van der Waals surface area contributed by atoms with Crippen molar-refractivity contribution in [1.82, 2.24) is 15.0 Å². The minimum Gasteiger partial charge on any atom is -0.293 e. The third kappa shape index (κ3) is 3.25. The maximum Gasteiger partial charge on any atom is 0.176 e. The van der Waals surface area contributed by atoms with E-state index in [0.29, 0.717) is 5.82 Å². The van der Waals surface area contributed by atoms with E-state index in [1.807, 2.05) is 50.3 Å². The van der Waals surface area contributed by atoms with E-state index in [0.717, 1.165) is 46.6 Å². The van der Waals surface area contributed by atoms with Gasteiger partial charge in [-0.25, -0.2) is 9.97 Å². The summed E-state index contributed by atoms with van der Waals surface area (Å²) in [5.41, 5.74) is 6.13. The van der Waals surface area contributed by atoms with E-state index in [4.69, 9.17) is 9.97 Å². The van der Waals surface area contributed by atoms with Crippen molar-refractivity contribution in [3.05, 3.63) is 77.3 Å². The van der Waals surface area contributed by atoms with Crippen molar-refractivity contribution in [2.75, 3.05) is 0 Å². The highest BCUT2D eigenvalue weighted by atomic mass is 16.1. The maximum absolute atomic E-state index is 12.6. The van der Waals surface area contributed by atoms with Crippen LogP contribution in [0, 0.1) is 30.1 Å². The molecule has 3 atom stereocenters. The summed E-state index contributed by atoms with van der Waals surface area (Å²) in [6.45, 7) is 3.90. The van der Waals surface area contributed by atoms with E-state index in [1.165, 1.54) is 0 Å². The molecule has 5 heteroatoms. The monoisotopic (exact) mass is 406 g/mol. The van der Waals surface area contributed by atoms with Gasteiger partial charge in [0.15, 0.2) is 11.6 Å². The zero-order valence-corrected chi connectivity index (χ0v) is 17.5. The van der Waals surface area contributed by atoms with Gasteiger partial charge in [-0.1, -0.05) is 43.3 Å². The lowest BCUT2D eigenvalue weighted by atomic mass is 9.66. The number of carbonyl (C=O) groups is 1. The Morgan fingerprint density at radius 2 is 1.90 bits per heavy atom. The molecule has 31 heavy (non-hydrogen) atoms. The number of ketones is 1. The lowest BCUT2D eigenvalue weighted by Crippen LogP contribution is -2.35. The molecule has 3 unspecified atom stereocenters. The molecule has 0 saturated heterocycles. The van der Waals surface area contributed by atoms with Gasteiger partial charge in [0.1, 0.15) is 6.07 Å². The van der Waals surface area contributed by atoms with Gasteiger partial charge < -0.3 is 0 Å². The van der Waals surface area contributed by atoms with Crippen LogP contribution in [-0.2, 0) is 11.2 Å². The molecule has 3 aromatic rings. The van der Waals surface area contributed by atoms with E-state index >= 15 is 0 Å². The van der Waals surface area contributed by atoms with Crippen LogP contribution in [0.5, 0.6) is 0 Å². The molecule has 0 amide bonds. The Morgan fingerprint density at radius 3 is 2.65 bits per heavy atom. The molecule has 1 aromatic carbocycles. The first-order chi connectivity index (χ1) is 15.1. The third-order valence-electron chi connectivity index (χ3n) is 6.53. The fourth-order valence-corrected chi connectivity index (χ4v) is 4.92. The zero-order chi connectivity index (χ0) is 21.5. The number of allylic oxidation sites excluding steroid dienone is 2. The van der Waals surface area contributed by atoms with Crippen LogP contribution in [-0.4, -0.2) is 20.7 Å². The standard InChI is InChI=1S/C26H22N4O/c1-15-12-18(10-11-28-15)26-29-23(17-6-4-3-5-7-17)21-9-8-20-16(2)25(31)19(14-27)13-22(20)24(21)30-26/h3-7,10-13,16,20,22H,8-9H2,1-2H3. The topological polar surface area (TPSA) is 79.5 Å². The molecule has 0 spiro atoms. The Hall–Kier alpha value is -3.65. The molecule has 0 radical (unpaired) electrons. The Kier molecular flexibility index (Phi) is 4.71. The Bertz CT molecular complexity index is 1260. The number of Topliss-reactive ketones (excluding diaryl/α,β-unsaturated/α-hetero) is 1. The molecule has 0 aliphatic heterocycles. The number of pyridine rings is 1. The van der Waals surface area contributed by atoms with E-state index in [9.17, 15) is 10.1 Å². The second-order valence-corrected chi connectivity index (χ2v) is 8.38. The van der Waals surface area contributed by atoms with Gasteiger partial charge in [0, 0.05) is 40.4 Å². The molecular weight excluding hydrogens is 384 g/mol. The minimum atomic E-state index is -0.181. The Balaban J connectivity index is 1.77. The largest absolute Gasteiger partial charge is 0.293 e. The number of hydrogen-bond donors (Lipinski definition) is 0. The van der Waals surface area contributed by atoms with Gasteiger partial charge in [0.2, 0.25) is 0 Å². The summed E-state index contributed by atoms with van der Waals surface area (Å²) in [7, 11) is 0. The molecule has 152 valence electrons. The molecule has 2 heterocycles. The van der Waals surface area contributed by atoms with E-state index in [-0.39, 0.29) is 29.1 Å². The normalized spacial score (nSPS) is 22.2. The first-order valence-corrected chi connectivity index (χ1v) is 10.6. The van der Waals surface area contributed by atoms with Crippen molar-refractivity contribution in [3.8, 4) is 28.7 Å². The maximum atomic E-state index is 12.6. The molecule has 0 bridgehead atoms. The number of rotatable bonds is 2. The van der Waals surface area contributed by atoms with Gasteiger partial charge in [-0.3, -0.25) is 9.78 Å². The quantitative estimate of drug-likeness (QED) is 0.609. The number of aromatic nitrogens is 3. The summed E-state index contributed by atoms with van der Waals surface area (Å²) >= 11 is 0. The molecule has 2 aliphatic rings. The molecule has 2 aromatic heterocycles. The van der Waals surface area contributed by atoms with Crippen LogP contribution in [0.4, 0.5) is 0 Å². The second-order valence-electron chi connectivity index (χ2n) is 8.38. The molecule has 0 N–H and O–H groups in total. The number of benzene rings is 1. The van der Waals surface area contributed by atoms with Crippen LogP contribution in [0.3, 0.4) is 0 Å². The average Bonchev–Trinajstić information content (AvgIpc) is 2.81. The third-order valence-corrected chi connectivity index (χ3v) is 6.53. The van der Waals surface area contributed by atoms with Crippen LogP contribution < -0.4 is 0 Å². The number of carbonyl (C=O) groups excluding carboxylic acids is 1. The molecule has 5 nitrogen and oxygen atoms in total.